The Kier molecular flexibility index (Phi) is 4.29. The number of ketones is 1. The molecule has 0 unspecified atom stereocenters. The van der Waals surface area contributed by atoms with Crippen molar-refractivity contribution < 1.29 is 17.6 Å². The molecule has 1 aromatic heterocycles. The summed E-state index contributed by atoms with van der Waals surface area (Å²) < 4.78 is 31.2. The van der Waals surface area contributed by atoms with E-state index in [9.17, 15) is 13.2 Å². The predicted octanol–water partition coefficient (Wildman–Crippen LogP) is 4.53. The zero-order valence-corrected chi connectivity index (χ0v) is 15.5. The van der Waals surface area contributed by atoms with E-state index in [-0.39, 0.29) is 11.5 Å². The quantitative estimate of drug-likeness (QED) is 0.644. The van der Waals surface area contributed by atoms with E-state index in [1.54, 1.807) is 44.2 Å². The van der Waals surface area contributed by atoms with Gasteiger partial charge in [0.05, 0.1) is 16.2 Å². The van der Waals surface area contributed by atoms with Gasteiger partial charge in [-0.2, -0.15) is 0 Å². The monoisotopic (exact) mass is 356 g/mol. The molecule has 0 N–H and O–H groups in total. The predicted molar refractivity (Wildman–Crippen MR) is 97.8 cm³/mol. The Balaban J connectivity index is 2.05. The van der Waals surface area contributed by atoms with Gasteiger partial charge in [0, 0.05) is 5.39 Å². The molecule has 3 rings (SSSR count). The van der Waals surface area contributed by atoms with Crippen molar-refractivity contribution in [1.29, 1.82) is 0 Å². The largest absolute Gasteiger partial charge is 0.461 e. The molecule has 0 aliphatic heterocycles. The summed E-state index contributed by atoms with van der Waals surface area (Å²) in [6.07, 6.45) is 0. The van der Waals surface area contributed by atoms with E-state index in [4.69, 9.17) is 4.42 Å². The van der Waals surface area contributed by atoms with Crippen molar-refractivity contribution in [2.45, 2.75) is 38.3 Å². The van der Waals surface area contributed by atoms with E-state index in [2.05, 4.69) is 0 Å². The highest BCUT2D eigenvalue weighted by Gasteiger charge is 2.20. The lowest BCUT2D eigenvalue weighted by Crippen LogP contribution is -2.07. The molecule has 25 heavy (non-hydrogen) atoms. The van der Waals surface area contributed by atoms with Crippen LogP contribution in [0.15, 0.2) is 45.7 Å². The molecule has 5 heteroatoms. The third-order valence-electron chi connectivity index (χ3n) is 4.30. The van der Waals surface area contributed by atoms with Gasteiger partial charge in [-0.15, -0.1) is 0 Å². The van der Waals surface area contributed by atoms with Gasteiger partial charge in [-0.3, -0.25) is 4.79 Å². The highest BCUT2D eigenvalue weighted by atomic mass is 32.2. The first-order valence-corrected chi connectivity index (χ1v) is 9.67. The number of sulfone groups is 1. The van der Waals surface area contributed by atoms with Crippen molar-refractivity contribution in [2.75, 3.05) is 0 Å². The average Bonchev–Trinajstić information content (AvgIpc) is 2.81. The Morgan fingerprint density at radius 2 is 1.76 bits per heavy atom. The van der Waals surface area contributed by atoms with Crippen LogP contribution in [0.2, 0.25) is 0 Å². The Morgan fingerprint density at radius 1 is 1.04 bits per heavy atom. The number of furan rings is 1. The average molecular weight is 356 g/mol. The van der Waals surface area contributed by atoms with Crippen LogP contribution >= 0.6 is 0 Å². The number of benzene rings is 2. The number of hydrogen-bond donors (Lipinski definition) is 0. The number of Topliss-reactive ketones (excluding diaryl/α,β-unsaturated/α-hetero) is 1. The zero-order chi connectivity index (χ0) is 18.4. The molecule has 0 aliphatic rings. The first-order chi connectivity index (χ1) is 11.7. The number of carbonyl (C=O) groups excluding carboxylic acids is 1. The van der Waals surface area contributed by atoms with E-state index >= 15 is 0 Å². The molecule has 0 amide bonds. The minimum atomic E-state index is -3.47. The van der Waals surface area contributed by atoms with Crippen LogP contribution in [0.3, 0.4) is 0 Å². The maximum absolute atomic E-state index is 12.8. The summed E-state index contributed by atoms with van der Waals surface area (Å²) in [4.78, 5) is 12.2. The minimum absolute atomic E-state index is 0.0920. The van der Waals surface area contributed by atoms with Gasteiger partial charge in [-0.05, 0) is 57.0 Å². The van der Waals surface area contributed by atoms with Crippen LogP contribution in [0.1, 0.15) is 39.7 Å². The van der Waals surface area contributed by atoms with E-state index in [0.717, 1.165) is 11.1 Å². The first-order valence-electron chi connectivity index (χ1n) is 8.02. The van der Waals surface area contributed by atoms with Crippen molar-refractivity contribution in [3.8, 4) is 0 Å². The number of aryl methyl sites for hydroxylation is 3. The molecule has 0 radical (unpaired) electrons. The SMILES string of the molecule is CC(=O)c1c(C)oc2ccc(CS(=O)(=O)c3ccc(C)cc3C)cc12. The Morgan fingerprint density at radius 3 is 2.40 bits per heavy atom. The zero-order valence-electron chi connectivity index (χ0n) is 14.7. The molecule has 1 heterocycles. The van der Waals surface area contributed by atoms with Gasteiger partial charge in [0.25, 0.3) is 0 Å². The first kappa shape index (κ1) is 17.4. The second-order valence-corrected chi connectivity index (χ2v) is 8.41. The van der Waals surface area contributed by atoms with E-state index < -0.39 is 9.84 Å². The molecule has 2 aromatic carbocycles. The molecule has 130 valence electrons. The van der Waals surface area contributed by atoms with Gasteiger partial charge in [0.15, 0.2) is 15.6 Å². The Labute approximate surface area is 147 Å². The third kappa shape index (κ3) is 3.24. The summed E-state index contributed by atoms with van der Waals surface area (Å²) in [6, 6.07) is 10.5. The molecule has 0 aliphatic carbocycles. The van der Waals surface area contributed by atoms with Gasteiger partial charge >= 0.3 is 0 Å². The molecule has 0 saturated carbocycles. The van der Waals surface area contributed by atoms with Crippen molar-refractivity contribution in [1.82, 2.24) is 0 Å². The fourth-order valence-corrected chi connectivity index (χ4v) is 4.84. The smallest absolute Gasteiger partial charge is 0.182 e. The lowest BCUT2D eigenvalue weighted by atomic mass is 10.1. The van der Waals surface area contributed by atoms with Gasteiger partial charge in [-0.25, -0.2) is 8.42 Å². The van der Waals surface area contributed by atoms with Crippen molar-refractivity contribution in [3.05, 3.63) is 64.4 Å². The lowest BCUT2D eigenvalue weighted by Gasteiger charge is -2.09. The highest BCUT2D eigenvalue weighted by molar-refractivity contribution is 7.90. The molecule has 3 aromatic rings. The summed E-state index contributed by atoms with van der Waals surface area (Å²) in [5, 5.41) is 0.665. The van der Waals surface area contributed by atoms with E-state index in [1.807, 2.05) is 13.0 Å². The fraction of sp³-hybridized carbons (Fsp3) is 0.250. The van der Waals surface area contributed by atoms with Gasteiger partial charge < -0.3 is 4.42 Å². The summed E-state index contributed by atoms with van der Waals surface area (Å²) >= 11 is 0. The summed E-state index contributed by atoms with van der Waals surface area (Å²) in [7, 11) is -3.47. The highest BCUT2D eigenvalue weighted by Crippen LogP contribution is 2.29. The van der Waals surface area contributed by atoms with E-state index in [0.29, 0.717) is 32.8 Å². The number of rotatable bonds is 4. The van der Waals surface area contributed by atoms with Crippen molar-refractivity contribution in [3.63, 3.8) is 0 Å². The van der Waals surface area contributed by atoms with Gasteiger partial charge in [0.1, 0.15) is 11.3 Å². The molecule has 0 fully saturated rings. The molecule has 4 nitrogen and oxygen atoms in total. The third-order valence-corrected chi connectivity index (χ3v) is 6.14. The summed E-state index contributed by atoms with van der Waals surface area (Å²) in [5.74, 6) is 0.344. The summed E-state index contributed by atoms with van der Waals surface area (Å²) in [5.41, 5.74) is 3.51. The maximum atomic E-state index is 12.8. The normalized spacial score (nSPS) is 11.8. The molecular weight excluding hydrogens is 336 g/mol. The second kappa shape index (κ2) is 6.15. The number of carbonyl (C=O) groups is 1. The van der Waals surface area contributed by atoms with E-state index in [1.165, 1.54) is 6.92 Å². The molecular formula is C20H20O4S. The van der Waals surface area contributed by atoms with Crippen LogP contribution in [0.25, 0.3) is 11.0 Å². The van der Waals surface area contributed by atoms with Crippen LogP contribution in [0, 0.1) is 20.8 Å². The molecule has 0 spiro atoms. The van der Waals surface area contributed by atoms with Crippen LogP contribution in [0.5, 0.6) is 0 Å². The second-order valence-electron chi connectivity index (χ2n) is 6.45. The topological polar surface area (TPSA) is 64.3 Å². The standard InChI is InChI=1S/C20H20O4S/c1-12-5-8-19(13(2)9-12)25(22,23)11-16-6-7-18-17(10-16)20(14(3)21)15(4)24-18/h5-10H,11H2,1-4H3. The van der Waals surface area contributed by atoms with Crippen LogP contribution in [-0.4, -0.2) is 14.2 Å². The Hall–Kier alpha value is -2.40. The van der Waals surface area contributed by atoms with Crippen LogP contribution < -0.4 is 0 Å². The Bertz CT molecular complexity index is 1090. The van der Waals surface area contributed by atoms with Crippen LogP contribution in [0.4, 0.5) is 0 Å². The molecule has 0 saturated heterocycles. The fourth-order valence-electron chi connectivity index (χ4n) is 3.24. The lowest BCUT2D eigenvalue weighted by molar-refractivity contribution is 0.101. The minimum Gasteiger partial charge on any atom is -0.461 e. The summed E-state index contributed by atoms with van der Waals surface area (Å²) in [6.45, 7) is 6.96. The maximum Gasteiger partial charge on any atom is 0.182 e. The van der Waals surface area contributed by atoms with Crippen LogP contribution in [-0.2, 0) is 15.6 Å². The molecule has 0 atom stereocenters. The van der Waals surface area contributed by atoms with Crippen molar-refractivity contribution >= 4 is 26.6 Å². The van der Waals surface area contributed by atoms with Crippen molar-refractivity contribution in [2.24, 2.45) is 0 Å². The van der Waals surface area contributed by atoms with Gasteiger partial charge in [0.2, 0.25) is 0 Å². The number of hydrogen-bond acceptors (Lipinski definition) is 4. The van der Waals surface area contributed by atoms with Gasteiger partial charge in [-0.1, -0.05) is 23.8 Å². The molecule has 0 bridgehead atoms. The number of fused-ring (bicyclic) bond motifs is 1.